The van der Waals surface area contributed by atoms with Crippen LogP contribution in [0.25, 0.3) is 11.4 Å². The topological polar surface area (TPSA) is 124 Å². The van der Waals surface area contributed by atoms with E-state index in [1.807, 2.05) is 6.92 Å². The Balaban J connectivity index is 2.17. The molecule has 3 heterocycles. The predicted octanol–water partition coefficient (Wildman–Crippen LogP) is 1.02. The van der Waals surface area contributed by atoms with Gasteiger partial charge in [-0.05, 0) is 20.8 Å². The first-order valence-electron chi connectivity index (χ1n) is 8.61. The first-order chi connectivity index (χ1) is 12.6. The third-order valence-electron chi connectivity index (χ3n) is 4.85. The van der Waals surface area contributed by atoms with Crippen molar-refractivity contribution >= 4 is 21.6 Å². The lowest BCUT2D eigenvalue weighted by atomic mass is 10.1. The van der Waals surface area contributed by atoms with Crippen molar-refractivity contribution in [2.45, 2.75) is 31.6 Å². The zero-order chi connectivity index (χ0) is 19.8. The molecule has 0 spiro atoms. The van der Waals surface area contributed by atoms with Crippen LogP contribution in [0.15, 0.2) is 18.5 Å². The van der Waals surface area contributed by atoms with Crippen LogP contribution in [0.2, 0.25) is 0 Å². The smallest absolute Gasteiger partial charge is 0.219 e. The third-order valence-corrected chi connectivity index (χ3v) is 6.91. The Hall–Kier alpha value is -2.33. The lowest BCUT2D eigenvalue weighted by Gasteiger charge is -2.35. The lowest BCUT2D eigenvalue weighted by molar-refractivity contribution is 0.0985. The molecule has 3 rings (SSSR count). The van der Waals surface area contributed by atoms with Gasteiger partial charge in [-0.25, -0.2) is 28.4 Å². The van der Waals surface area contributed by atoms with Gasteiger partial charge in [0.05, 0.1) is 30.5 Å². The molecule has 0 saturated carbocycles. The number of hydrogen-bond acceptors (Lipinski definition) is 9. The van der Waals surface area contributed by atoms with Crippen LogP contribution in [0.4, 0.5) is 11.8 Å². The molecule has 146 valence electrons. The van der Waals surface area contributed by atoms with Crippen LogP contribution < -0.4 is 10.6 Å². The van der Waals surface area contributed by atoms with Crippen molar-refractivity contribution in [3.8, 4) is 11.4 Å². The van der Waals surface area contributed by atoms with Crippen LogP contribution >= 0.6 is 0 Å². The summed E-state index contributed by atoms with van der Waals surface area (Å²) in [7, 11) is -3.41. The predicted molar refractivity (Wildman–Crippen MR) is 103 cm³/mol. The van der Waals surface area contributed by atoms with Crippen LogP contribution in [0.5, 0.6) is 0 Å². The van der Waals surface area contributed by atoms with Gasteiger partial charge in [0.2, 0.25) is 5.95 Å². The number of ether oxygens (including phenoxy) is 1. The second-order valence-electron chi connectivity index (χ2n) is 7.16. The third kappa shape index (κ3) is 3.86. The van der Waals surface area contributed by atoms with Gasteiger partial charge in [-0.1, -0.05) is 0 Å². The molecule has 1 atom stereocenters. The van der Waals surface area contributed by atoms with Crippen molar-refractivity contribution in [2.24, 2.45) is 0 Å². The molecule has 2 aromatic heterocycles. The first-order valence-corrected chi connectivity index (χ1v) is 10.5. The second-order valence-corrected chi connectivity index (χ2v) is 9.73. The van der Waals surface area contributed by atoms with Gasteiger partial charge in [0.25, 0.3) is 0 Å². The molecule has 2 N–H and O–H groups in total. The molecule has 10 heteroatoms. The highest BCUT2D eigenvalue weighted by Gasteiger charge is 2.35. The Kier molecular flexibility index (Phi) is 5.04. The highest BCUT2D eigenvalue weighted by atomic mass is 32.2. The normalized spacial score (nSPS) is 18.5. The number of nitrogens with zero attached hydrogens (tertiary/aromatic N) is 5. The molecular formula is C17H24N6O3S. The molecule has 27 heavy (non-hydrogen) atoms. The maximum Gasteiger partial charge on any atom is 0.219 e. The minimum absolute atomic E-state index is 0.110. The van der Waals surface area contributed by atoms with E-state index in [-0.39, 0.29) is 12.0 Å². The zero-order valence-electron chi connectivity index (χ0n) is 15.9. The molecule has 0 bridgehead atoms. The summed E-state index contributed by atoms with van der Waals surface area (Å²) in [6.45, 7) is 7.14. The van der Waals surface area contributed by atoms with Gasteiger partial charge < -0.3 is 15.4 Å². The summed E-state index contributed by atoms with van der Waals surface area (Å²) in [6, 6.07) is 1.85. The maximum atomic E-state index is 12.4. The Labute approximate surface area is 158 Å². The molecule has 1 saturated heterocycles. The molecule has 2 aromatic rings. The number of sulfone groups is 1. The van der Waals surface area contributed by atoms with E-state index in [2.05, 4.69) is 24.8 Å². The number of hydrogen-bond donors (Lipinski definition) is 1. The number of aromatic nitrogens is 4. The summed E-state index contributed by atoms with van der Waals surface area (Å²) in [5.74, 6) is 1.16. The molecule has 1 fully saturated rings. The average molecular weight is 392 g/mol. The number of morpholine rings is 1. The number of anilines is 2. The quantitative estimate of drug-likeness (QED) is 0.812. The van der Waals surface area contributed by atoms with Crippen molar-refractivity contribution in [2.75, 3.05) is 36.6 Å². The van der Waals surface area contributed by atoms with Crippen molar-refractivity contribution < 1.29 is 13.2 Å². The van der Waals surface area contributed by atoms with Crippen molar-refractivity contribution in [3.05, 3.63) is 24.2 Å². The molecule has 0 unspecified atom stereocenters. The summed E-state index contributed by atoms with van der Waals surface area (Å²) < 4.78 is 29.0. The van der Waals surface area contributed by atoms with Gasteiger partial charge in [0.15, 0.2) is 15.7 Å². The van der Waals surface area contributed by atoms with Gasteiger partial charge in [-0.15, -0.1) is 0 Å². The van der Waals surface area contributed by atoms with Crippen LogP contribution in [-0.4, -0.2) is 60.4 Å². The van der Waals surface area contributed by atoms with E-state index in [0.29, 0.717) is 42.7 Å². The highest BCUT2D eigenvalue weighted by Crippen LogP contribution is 2.32. The largest absolute Gasteiger partial charge is 0.377 e. The number of nitrogen functional groups attached to an aromatic ring is 1. The van der Waals surface area contributed by atoms with E-state index >= 15 is 0 Å². The van der Waals surface area contributed by atoms with E-state index in [1.165, 1.54) is 18.6 Å². The van der Waals surface area contributed by atoms with Crippen LogP contribution in [0, 0.1) is 0 Å². The van der Waals surface area contributed by atoms with E-state index < -0.39 is 14.6 Å². The summed E-state index contributed by atoms with van der Waals surface area (Å²) in [5, 5.41) is 0. The Morgan fingerprint density at radius 1 is 1.26 bits per heavy atom. The maximum absolute atomic E-state index is 12.4. The van der Waals surface area contributed by atoms with Crippen molar-refractivity contribution in [1.82, 2.24) is 19.9 Å². The molecule has 9 nitrogen and oxygen atoms in total. The van der Waals surface area contributed by atoms with E-state index in [4.69, 9.17) is 10.5 Å². The fourth-order valence-electron chi connectivity index (χ4n) is 2.73. The molecule has 0 aliphatic carbocycles. The molecule has 1 aliphatic rings. The summed E-state index contributed by atoms with van der Waals surface area (Å²) in [6.07, 6.45) is 4.26. The van der Waals surface area contributed by atoms with Gasteiger partial charge in [-0.3, -0.25) is 0 Å². The molecular weight excluding hydrogens is 368 g/mol. The Morgan fingerprint density at radius 3 is 2.52 bits per heavy atom. The number of nitrogens with two attached hydrogens (primary N) is 1. The SMILES string of the molecule is C[C@H]1COCCN1c1cc(C(C)(C)S(C)(=O)=O)nc(-c2cnc(N)nc2)n1. The molecule has 0 aromatic carbocycles. The van der Waals surface area contributed by atoms with Crippen molar-refractivity contribution in [3.63, 3.8) is 0 Å². The fraction of sp³-hybridized carbons (Fsp3) is 0.529. The second kappa shape index (κ2) is 7.01. The summed E-state index contributed by atoms with van der Waals surface area (Å²) in [5.41, 5.74) is 6.55. The highest BCUT2D eigenvalue weighted by molar-refractivity contribution is 7.91. The molecule has 0 amide bonds. The van der Waals surface area contributed by atoms with Crippen LogP contribution in [-0.2, 0) is 19.3 Å². The minimum Gasteiger partial charge on any atom is -0.377 e. The standard InChI is InChI=1S/C17H24N6O3S/c1-11-10-26-6-5-23(11)14-7-13(17(2,3)27(4,24)25)21-15(22-14)12-8-19-16(18)20-9-12/h7-9,11H,5-6,10H2,1-4H3,(H2,18,19,20)/t11-/m0/s1. The molecule has 1 aliphatic heterocycles. The first kappa shape index (κ1) is 19.4. The van der Waals surface area contributed by atoms with Crippen molar-refractivity contribution in [1.29, 1.82) is 0 Å². The average Bonchev–Trinajstić information content (AvgIpc) is 2.61. The fourth-order valence-corrected chi connectivity index (χ4v) is 3.21. The van der Waals surface area contributed by atoms with Gasteiger partial charge in [0, 0.05) is 31.3 Å². The summed E-state index contributed by atoms with van der Waals surface area (Å²) >= 11 is 0. The Bertz CT molecular complexity index is 930. The van der Waals surface area contributed by atoms with Gasteiger partial charge in [-0.2, -0.15) is 0 Å². The van der Waals surface area contributed by atoms with E-state index in [1.54, 1.807) is 19.9 Å². The zero-order valence-corrected chi connectivity index (χ0v) is 16.7. The van der Waals surface area contributed by atoms with Crippen LogP contribution in [0.1, 0.15) is 26.5 Å². The number of rotatable bonds is 4. The molecule has 0 radical (unpaired) electrons. The van der Waals surface area contributed by atoms with Crippen LogP contribution in [0.3, 0.4) is 0 Å². The monoisotopic (exact) mass is 392 g/mol. The lowest BCUT2D eigenvalue weighted by Crippen LogP contribution is -2.44. The minimum atomic E-state index is -3.41. The summed E-state index contributed by atoms with van der Waals surface area (Å²) in [4.78, 5) is 19.2. The Morgan fingerprint density at radius 2 is 1.93 bits per heavy atom. The van der Waals surface area contributed by atoms with E-state index in [9.17, 15) is 8.42 Å². The van der Waals surface area contributed by atoms with Gasteiger partial charge in [0.1, 0.15) is 10.6 Å². The van der Waals surface area contributed by atoms with E-state index in [0.717, 1.165) is 0 Å². The van der Waals surface area contributed by atoms with Gasteiger partial charge >= 0.3 is 0 Å².